The van der Waals surface area contributed by atoms with Crippen LogP contribution in [0.25, 0.3) is 0 Å². The number of carbonyl (C=O) groups excluding carboxylic acids is 1. The molecule has 4 nitrogen and oxygen atoms in total. The third kappa shape index (κ3) is 3.51. The van der Waals surface area contributed by atoms with E-state index in [9.17, 15) is 9.90 Å². The van der Waals surface area contributed by atoms with E-state index in [0.29, 0.717) is 13.1 Å². The van der Waals surface area contributed by atoms with Crippen molar-refractivity contribution in [1.29, 1.82) is 0 Å². The number of likely N-dealkylation sites (tertiary alicyclic amines) is 1. The minimum absolute atomic E-state index is 0.0873. The fourth-order valence-corrected chi connectivity index (χ4v) is 2.31. The van der Waals surface area contributed by atoms with E-state index in [1.54, 1.807) is 4.90 Å². The van der Waals surface area contributed by atoms with Gasteiger partial charge in [0.05, 0.1) is 6.10 Å². The molecule has 1 saturated heterocycles. The van der Waals surface area contributed by atoms with Crippen LogP contribution in [-0.2, 0) is 4.74 Å². The highest BCUT2D eigenvalue weighted by Crippen LogP contribution is 2.31. The van der Waals surface area contributed by atoms with E-state index in [1.807, 2.05) is 52.0 Å². The van der Waals surface area contributed by atoms with Gasteiger partial charge in [0.25, 0.3) is 0 Å². The average Bonchev–Trinajstić information content (AvgIpc) is 2.24. The molecule has 0 spiro atoms. The van der Waals surface area contributed by atoms with Gasteiger partial charge in [0, 0.05) is 19.0 Å². The Morgan fingerprint density at radius 3 is 2.60 bits per heavy atom. The van der Waals surface area contributed by atoms with Crippen LogP contribution in [0.5, 0.6) is 0 Å². The molecule has 1 atom stereocenters. The maximum absolute atomic E-state index is 11.8. The summed E-state index contributed by atoms with van der Waals surface area (Å²) in [7, 11) is 0. The molecular formula is C16H23NO3. The van der Waals surface area contributed by atoms with Crippen molar-refractivity contribution in [3.8, 4) is 0 Å². The van der Waals surface area contributed by atoms with Crippen molar-refractivity contribution in [2.24, 2.45) is 5.92 Å². The van der Waals surface area contributed by atoms with Gasteiger partial charge < -0.3 is 14.7 Å². The molecule has 1 fully saturated rings. The zero-order valence-corrected chi connectivity index (χ0v) is 12.6. The molecule has 1 aliphatic heterocycles. The molecule has 0 radical (unpaired) electrons. The van der Waals surface area contributed by atoms with Crippen LogP contribution in [0.4, 0.5) is 4.79 Å². The monoisotopic (exact) mass is 277 g/mol. The fraction of sp³-hybridized carbons (Fsp3) is 0.562. The first-order chi connectivity index (χ1) is 9.26. The van der Waals surface area contributed by atoms with Crippen LogP contribution >= 0.6 is 0 Å². The number of aliphatic hydroxyl groups excluding tert-OH is 1. The largest absolute Gasteiger partial charge is 0.444 e. The highest BCUT2D eigenvalue weighted by atomic mass is 16.6. The number of hydrogen-bond acceptors (Lipinski definition) is 3. The Hall–Kier alpha value is -1.55. The highest BCUT2D eigenvalue weighted by molar-refractivity contribution is 5.69. The summed E-state index contributed by atoms with van der Waals surface area (Å²) < 4.78 is 5.30. The number of nitrogens with zero attached hydrogens (tertiary/aromatic N) is 1. The smallest absolute Gasteiger partial charge is 0.410 e. The lowest BCUT2D eigenvalue weighted by molar-refractivity contribution is -0.0314. The average molecular weight is 277 g/mol. The minimum atomic E-state index is -0.520. The van der Waals surface area contributed by atoms with Gasteiger partial charge in [-0.1, -0.05) is 29.8 Å². The molecule has 20 heavy (non-hydrogen) atoms. The molecule has 0 saturated carbocycles. The van der Waals surface area contributed by atoms with Crippen molar-refractivity contribution in [2.45, 2.75) is 39.4 Å². The van der Waals surface area contributed by atoms with Crippen LogP contribution in [-0.4, -0.2) is 34.8 Å². The molecule has 2 rings (SSSR count). The molecule has 0 aliphatic carbocycles. The number of benzene rings is 1. The molecule has 0 aromatic heterocycles. The Morgan fingerprint density at radius 1 is 1.40 bits per heavy atom. The summed E-state index contributed by atoms with van der Waals surface area (Å²) >= 11 is 0. The predicted octanol–water partition coefficient (Wildman–Crippen LogP) is 2.90. The first kappa shape index (κ1) is 14.9. The van der Waals surface area contributed by atoms with Crippen LogP contribution in [0.1, 0.15) is 38.0 Å². The number of hydrogen-bond donors (Lipinski definition) is 1. The van der Waals surface area contributed by atoms with Gasteiger partial charge in [0.1, 0.15) is 5.60 Å². The molecule has 1 heterocycles. The lowest BCUT2D eigenvalue weighted by atomic mass is 9.89. The van der Waals surface area contributed by atoms with Gasteiger partial charge in [-0.2, -0.15) is 0 Å². The Kier molecular flexibility index (Phi) is 4.04. The standard InChI is InChI=1S/C16H23NO3/c1-11-6-5-7-12(8-11)14(18)13-9-17(10-13)15(19)20-16(2,3)4/h5-8,13-14,18H,9-10H2,1-4H3. The van der Waals surface area contributed by atoms with E-state index in [0.717, 1.165) is 11.1 Å². The first-order valence-electron chi connectivity index (χ1n) is 6.99. The SMILES string of the molecule is Cc1cccc(C(O)C2CN(C(=O)OC(C)(C)C)C2)c1. The number of ether oxygens (including phenoxy) is 1. The number of aryl methyl sites for hydroxylation is 1. The lowest BCUT2D eigenvalue weighted by Crippen LogP contribution is -2.53. The van der Waals surface area contributed by atoms with Crippen LogP contribution < -0.4 is 0 Å². The molecule has 4 heteroatoms. The molecule has 1 amide bonds. The Balaban J connectivity index is 1.88. The first-order valence-corrected chi connectivity index (χ1v) is 6.99. The molecule has 0 bridgehead atoms. The van der Waals surface area contributed by atoms with Crippen LogP contribution in [0.3, 0.4) is 0 Å². The maximum Gasteiger partial charge on any atom is 0.410 e. The number of aliphatic hydroxyl groups is 1. The Bertz CT molecular complexity index is 487. The second kappa shape index (κ2) is 5.44. The molecule has 1 unspecified atom stereocenters. The molecular weight excluding hydrogens is 254 g/mol. The maximum atomic E-state index is 11.8. The Morgan fingerprint density at radius 2 is 2.05 bits per heavy atom. The van der Waals surface area contributed by atoms with E-state index in [4.69, 9.17) is 4.74 Å². The van der Waals surface area contributed by atoms with E-state index in [1.165, 1.54) is 0 Å². The lowest BCUT2D eigenvalue weighted by Gasteiger charge is -2.42. The third-order valence-corrected chi connectivity index (χ3v) is 3.39. The van der Waals surface area contributed by atoms with Gasteiger partial charge >= 0.3 is 6.09 Å². The van der Waals surface area contributed by atoms with Gasteiger partial charge in [-0.25, -0.2) is 4.79 Å². The topological polar surface area (TPSA) is 49.8 Å². The molecule has 110 valence electrons. The summed E-state index contributed by atoms with van der Waals surface area (Å²) in [4.78, 5) is 13.5. The summed E-state index contributed by atoms with van der Waals surface area (Å²) in [6.07, 6.45) is -0.821. The van der Waals surface area contributed by atoms with Gasteiger partial charge in [-0.05, 0) is 33.3 Å². The zero-order valence-electron chi connectivity index (χ0n) is 12.6. The van der Waals surface area contributed by atoms with Crippen LogP contribution in [0, 0.1) is 12.8 Å². The summed E-state index contributed by atoms with van der Waals surface area (Å²) in [5.41, 5.74) is 1.57. The van der Waals surface area contributed by atoms with Gasteiger partial charge in [-0.3, -0.25) is 0 Å². The van der Waals surface area contributed by atoms with E-state index in [-0.39, 0.29) is 12.0 Å². The van der Waals surface area contributed by atoms with E-state index < -0.39 is 11.7 Å². The predicted molar refractivity (Wildman–Crippen MR) is 77.4 cm³/mol. The van der Waals surface area contributed by atoms with Crippen molar-refractivity contribution >= 4 is 6.09 Å². The van der Waals surface area contributed by atoms with Crippen LogP contribution in [0.2, 0.25) is 0 Å². The van der Waals surface area contributed by atoms with Gasteiger partial charge in [0.15, 0.2) is 0 Å². The van der Waals surface area contributed by atoms with E-state index >= 15 is 0 Å². The van der Waals surface area contributed by atoms with Crippen molar-refractivity contribution in [1.82, 2.24) is 4.90 Å². The summed E-state index contributed by atoms with van der Waals surface area (Å²) in [5.74, 6) is 0.0873. The van der Waals surface area contributed by atoms with Crippen molar-refractivity contribution in [3.63, 3.8) is 0 Å². The quantitative estimate of drug-likeness (QED) is 0.904. The van der Waals surface area contributed by atoms with Crippen molar-refractivity contribution in [2.75, 3.05) is 13.1 Å². The third-order valence-electron chi connectivity index (χ3n) is 3.39. The number of amides is 1. The fourth-order valence-electron chi connectivity index (χ4n) is 2.31. The molecule has 1 aliphatic rings. The summed E-state index contributed by atoms with van der Waals surface area (Å²) in [5, 5.41) is 10.3. The zero-order chi connectivity index (χ0) is 14.9. The van der Waals surface area contributed by atoms with E-state index in [2.05, 4.69) is 0 Å². The van der Waals surface area contributed by atoms with Gasteiger partial charge in [0.2, 0.25) is 0 Å². The molecule has 1 N–H and O–H groups in total. The Labute approximate surface area is 120 Å². The van der Waals surface area contributed by atoms with Crippen LogP contribution in [0.15, 0.2) is 24.3 Å². The number of rotatable bonds is 2. The molecule has 1 aromatic carbocycles. The van der Waals surface area contributed by atoms with Gasteiger partial charge in [-0.15, -0.1) is 0 Å². The highest BCUT2D eigenvalue weighted by Gasteiger charge is 2.38. The summed E-state index contributed by atoms with van der Waals surface area (Å²) in [6.45, 7) is 8.65. The molecule has 1 aromatic rings. The minimum Gasteiger partial charge on any atom is -0.444 e. The normalized spacial score (nSPS) is 17.6. The van der Waals surface area contributed by atoms with Crippen molar-refractivity contribution < 1.29 is 14.6 Å². The number of carbonyl (C=O) groups is 1. The second-order valence-electron chi connectivity index (χ2n) is 6.50. The second-order valence-corrected chi connectivity index (χ2v) is 6.50. The summed E-state index contributed by atoms with van der Waals surface area (Å²) in [6, 6.07) is 7.86. The van der Waals surface area contributed by atoms with Crippen molar-refractivity contribution in [3.05, 3.63) is 35.4 Å².